The largest absolute Gasteiger partial charge is 0.245 e. The molecule has 1 aromatic carbocycles. The van der Waals surface area contributed by atoms with Crippen molar-refractivity contribution in [1.29, 1.82) is 0 Å². The summed E-state index contributed by atoms with van der Waals surface area (Å²) in [5, 5.41) is 3.33. The second-order valence-corrected chi connectivity index (χ2v) is 3.61. The summed E-state index contributed by atoms with van der Waals surface area (Å²) in [6, 6.07) is 5.85. The first kappa shape index (κ1) is 9.53. The Labute approximate surface area is 90.2 Å². The summed E-state index contributed by atoms with van der Waals surface area (Å²) in [4.78, 5) is 6.81. The van der Waals surface area contributed by atoms with Gasteiger partial charge in [-0.2, -0.15) is 0 Å². The van der Waals surface area contributed by atoms with Crippen molar-refractivity contribution in [3.8, 4) is 11.8 Å². The van der Waals surface area contributed by atoms with Crippen molar-refractivity contribution < 1.29 is 0 Å². The molecular weight excluding hydrogens is 208 g/mol. The van der Waals surface area contributed by atoms with Gasteiger partial charge >= 0.3 is 0 Å². The van der Waals surface area contributed by atoms with E-state index in [0.29, 0.717) is 0 Å². The van der Waals surface area contributed by atoms with Crippen LogP contribution in [0.4, 0.5) is 0 Å². The van der Waals surface area contributed by atoms with Crippen LogP contribution in [0.2, 0.25) is 0 Å². The molecule has 5 heteroatoms. The highest BCUT2D eigenvalue weighted by Gasteiger charge is 1.95. The average Bonchev–Trinajstić information content (AvgIpc) is 2.71. The second kappa shape index (κ2) is 4.47. The minimum Gasteiger partial charge on any atom is -0.245 e. The van der Waals surface area contributed by atoms with Crippen molar-refractivity contribution in [2.75, 3.05) is 6.54 Å². The second-order valence-electron chi connectivity index (χ2n) is 2.73. The van der Waals surface area contributed by atoms with Gasteiger partial charge in [0.2, 0.25) is 0 Å². The first-order valence-corrected chi connectivity index (χ1v) is 5.11. The van der Waals surface area contributed by atoms with Gasteiger partial charge in [-0.15, -0.1) is 11.3 Å². The molecule has 1 heterocycles. The Bertz CT molecular complexity index is 584. The molecule has 0 saturated heterocycles. The van der Waals surface area contributed by atoms with E-state index in [-0.39, 0.29) is 6.54 Å². The van der Waals surface area contributed by atoms with Gasteiger partial charge in [0.1, 0.15) is 0 Å². The zero-order chi connectivity index (χ0) is 10.5. The zero-order valence-corrected chi connectivity index (χ0v) is 8.53. The Balaban J connectivity index is 2.26. The smallest absolute Gasteiger partial charge is 0.0880 e. The van der Waals surface area contributed by atoms with Crippen LogP contribution in [0.25, 0.3) is 20.7 Å². The fraction of sp³-hybridized carbons (Fsp3) is 0.100. The SMILES string of the molecule is [N-]=[N+]=NCC#Cc1ccc2scnc2c1. The maximum Gasteiger partial charge on any atom is 0.0880 e. The van der Waals surface area contributed by atoms with Gasteiger partial charge in [-0.1, -0.05) is 17.0 Å². The number of aromatic nitrogens is 1. The standard InChI is InChI=1S/C10H6N4S/c11-14-13-5-1-2-8-3-4-10-9(6-8)12-7-15-10/h3-4,6-7H,5H2. The third-order valence-electron chi connectivity index (χ3n) is 1.78. The molecule has 1 aromatic heterocycles. The third kappa shape index (κ3) is 2.26. The first-order valence-electron chi connectivity index (χ1n) is 4.23. The van der Waals surface area contributed by atoms with Crippen molar-refractivity contribution in [3.05, 3.63) is 39.7 Å². The van der Waals surface area contributed by atoms with Gasteiger partial charge in [-0.3, -0.25) is 0 Å². The number of thiazole rings is 1. The summed E-state index contributed by atoms with van der Waals surface area (Å²) < 4.78 is 1.15. The number of hydrogen-bond donors (Lipinski definition) is 0. The molecule has 0 N–H and O–H groups in total. The molecule has 0 saturated carbocycles. The van der Waals surface area contributed by atoms with Crippen LogP contribution in [-0.2, 0) is 0 Å². The minimum atomic E-state index is 0.200. The molecule has 4 nitrogen and oxygen atoms in total. The van der Waals surface area contributed by atoms with Gasteiger partial charge in [0.05, 0.1) is 22.3 Å². The van der Waals surface area contributed by atoms with Crippen molar-refractivity contribution >= 4 is 21.6 Å². The molecule has 0 radical (unpaired) electrons. The highest BCUT2D eigenvalue weighted by molar-refractivity contribution is 7.16. The summed E-state index contributed by atoms with van der Waals surface area (Å²) in [5.74, 6) is 5.68. The molecule has 0 fully saturated rings. The van der Waals surface area contributed by atoms with Crippen LogP contribution in [0.1, 0.15) is 5.56 Å². The lowest BCUT2D eigenvalue weighted by Crippen LogP contribution is -1.75. The highest BCUT2D eigenvalue weighted by atomic mass is 32.1. The number of azide groups is 1. The minimum absolute atomic E-state index is 0.200. The third-order valence-corrected chi connectivity index (χ3v) is 2.59. The molecular formula is C10H6N4S. The molecule has 15 heavy (non-hydrogen) atoms. The molecule has 2 aromatic rings. The summed E-state index contributed by atoms with van der Waals surface area (Å²) in [5.41, 5.74) is 11.7. The Hall–Kier alpha value is -2.02. The molecule has 0 atom stereocenters. The maximum absolute atomic E-state index is 8.06. The van der Waals surface area contributed by atoms with Crippen LogP contribution < -0.4 is 0 Å². The van der Waals surface area contributed by atoms with Crippen molar-refractivity contribution in [3.63, 3.8) is 0 Å². The van der Waals surface area contributed by atoms with E-state index in [4.69, 9.17) is 5.53 Å². The number of fused-ring (bicyclic) bond motifs is 1. The topological polar surface area (TPSA) is 61.7 Å². The molecule has 72 valence electrons. The number of nitrogens with zero attached hydrogens (tertiary/aromatic N) is 4. The highest BCUT2D eigenvalue weighted by Crippen LogP contribution is 2.18. The van der Waals surface area contributed by atoms with Crippen LogP contribution in [-0.4, -0.2) is 11.5 Å². The summed E-state index contributed by atoms with van der Waals surface area (Å²) >= 11 is 1.60. The Morgan fingerprint density at radius 3 is 3.33 bits per heavy atom. The van der Waals surface area contributed by atoms with Gasteiger partial charge in [0.15, 0.2) is 0 Å². The van der Waals surface area contributed by atoms with Gasteiger partial charge < -0.3 is 0 Å². The number of rotatable bonds is 1. The molecule has 0 aliphatic carbocycles. The summed E-state index contributed by atoms with van der Waals surface area (Å²) in [6.45, 7) is 0.200. The monoisotopic (exact) mass is 214 g/mol. The first-order chi connectivity index (χ1) is 7.40. The lowest BCUT2D eigenvalue weighted by atomic mass is 10.2. The van der Waals surface area contributed by atoms with Crippen molar-refractivity contribution in [2.24, 2.45) is 5.11 Å². The Kier molecular flexibility index (Phi) is 2.84. The van der Waals surface area contributed by atoms with Crippen LogP contribution in [0.3, 0.4) is 0 Å². The van der Waals surface area contributed by atoms with Crippen LogP contribution in [0.5, 0.6) is 0 Å². The van der Waals surface area contributed by atoms with Gasteiger partial charge in [0, 0.05) is 10.5 Å². The van der Waals surface area contributed by atoms with E-state index in [1.165, 1.54) is 0 Å². The van der Waals surface area contributed by atoms with E-state index in [0.717, 1.165) is 15.8 Å². The summed E-state index contributed by atoms with van der Waals surface area (Å²) in [6.07, 6.45) is 0. The van der Waals surface area contributed by atoms with Gasteiger partial charge in [-0.25, -0.2) is 4.98 Å². The molecule has 0 unspecified atom stereocenters. The predicted octanol–water partition coefficient (Wildman–Crippen LogP) is 2.96. The van der Waals surface area contributed by atoms with E-state index in [2.05, 4.69) is 26.9 Å². The molecule has 0 aliphatic rings. The van der Waals surface area contributed by atoms with Gasteiger partial charge in [0.25, 0.3) is 0 Å². The lowest BCUT2D eigenvalue weighted by Gasteiger charge is -1.89. The molecule has 2 rings (SSSR count). The summed E-state index contributed by atoms with van der Waals surface area (Å²) in [7, 11) is 0. The van der Waals surface area contributed by atoms with E-state index < -0.39 is 0 Å². The molecule has 0 aliphatic heterocycles. The lowest BCUT2D eigenvalue weighted by molar-refractivity contribution is 1.25. The maximum atomic E-state index is 8.06. The molecule has 0 bridgehead atoms. The zero-order valence-electron chi connectivity index (χ0n) is 7.71. The van der Waals surface area contributed by atoms with E-state index in [1.807, 2.05) is 23.7 Å². The molecule has 0 amide bonds. The Morgan fingerprint density at radius 1 is 1.53 bits per heavy atom. The fourth-order valence-corrected chi connectivity index (χ4v) is 1.80. The predicted molar refractivity (Wildman–Crippen MR) is 60.5 cm³/mol. The normalized spacial score (nSPS) is 9.07. The fourth-order valence-electron chi connectivity index (χ4n) is 1.14. The van der Waals surface area contributed by atoms with Crippen molar-refractivity contribution in [1.82, 2.24) is 4.98 Å². The van der Waals surface area contributed by atoms with Crippen LogP contribution >= 0.6 is 11.3 Å². The molecule has 0 spiro atoms. The average molecular weight is 214 g/mol. The van der Waals surface area contributed by atoms with E-state index in [1.54, 1.807) is 11.3 Å². The number of hydrogen-bond acceptors (Lipinski definition) is 3. The quantitative estimate of drug-likeness (QED) is 0.311. The van der Waals surface area contributed by atoms with Gasteiger partial charge in [-0.05, 0) is 23.7 Å². The van der Waals surface area contributed by atoms with Crippen LogP contribution in [0, 0.1) is 11.8 Å². The number of benzene rings is 1. The van der Waals surface area contributed by atoms with Crippen LogP contribution in [0.15, 0.2) is 28.8 Å². The van der Waals surface area contributed by atoms with Crippen molar-refractivity contribution in [2.45, 2.75) is 0 Å². The Morgan fingerprint density at radius 2 is 2.47 bits per heavy atom. The van der Waals surface area contributed by atoms with E-state index >= 15 is 0 Å². The van der Waals surface area contributed by atoms with E-state index in [9.17, 15) is 0 Å².